The van der Waals surface area contributed by atoms with Gasteiger partial charge in [0.25, 0.3) is 0 Å². The largest absolute Gasteiger partial charge is 0.391 e. The molecule has 0 radical (unpaired) electrons. The Bertz CT molecular complexity index is 498. The van der Waals surface area contributed by atoms with Crippen LogP contribution >= 0.6 is 0 Å². The Hall–Kier alpha value is -1.40. The van der Waals surface area contributed by atoms with Crippen LogP contribution in [-0.2, 0) is 11.3 Å². The van der Waals surface area contributed by atoms with Crippen molar-refractivity contribution < 1.29 is 9.90 Å². The van der Waals surface area contributed by atoms with E-state index in [9.17, 15) is 9.90 Å². The molecule has 0 aliphatic carbocycles. The Morgan fingerprint density at radius 1 is 1.32 bits per heavy atom. The SMILES string of the molecule is Cc1cnn(CC(=O)N2CCN(C[C@H](O)C(C)(C)C)CC2)c1. The first-order valence-corrected chi connectivity index (χ1v) is 7.93. The molecule has 1 fully saturated rings. The van der Waals surface area contributed by atoms with Gasteiger partial charge in [0.15, 0.2) is 0 Å². The van der Waals surface area contributed by atoms with E-state index in [1.165, 1.54) is 0 Å². The van der Waals surface area contributed by atoms with Crippen molar-refractivity contribution in [3.05, 3.63) is 18.0 Å². The summed E-state index contributed by atoms with van der Waals surface area (Å²) in [7, 11) is 0. The molecule has 124 valence electrons. The van der Waals surface area contributed by atoms with Crippen molar-refractivity contribution in [2.75, 3.05) is 32.7 Å². The van der Waals surface area contributed by atoms with E-state index in [2.05, 4.69) is 10.00 Å². The lowest BCUT2D eigenvalue weighted by Gasteiger charge is -2.38. The van der Waals surface area contributed by atoms with Gasteiger partial charge in [-0.3, -0.25) is 14.4 Å². The highest BCUT2D eigenvalue weighted by Gasteiger charge is 2.27. The van der Waals surface area contributed by atoms with Crippen molar-refractivity contribution in [3.63, 3.8) is 0 Å². The molecule has 0 spiro atoms. The summed E-state index contributed by atoms with van der Waals surface area (Å²) in [6.07, 6.45) is 3.30. The Morgan fingerprint density at radius 2 is 1.95 bits per heavy atom. The minimum Gasteiger partial charge on any atom is -0.391 e. The van der Waals surface area contributed by atoms with Crippen LogP contribution in [0.2, 0.25) is 0 Å². The zero-order valence-electron chi connectivity index (χ0n) is 14.1. The average molecular weight is 308 g/mol. The second kappa shape index (κ2) is 6.79. The zero-order chi connectivity index (χ0) is 16.3. The standard InChI is InChI=1S/C16H28N4O2/c1-13-9-17-20(10-13)12-15(22)19-7-5-18(6-8-19)11-14(21)16(2,3)4/h9-10,14,21H,5-8,11-12H2,1-4H3/t14-/m0/s1. The lowest BCUT2D eigenvalue weighted by Crippen LogP contribution is -2.52. The predicted octanol–water partition coefficient (Wildman–Crippen LogP) is 0.743. The van der Waals surface area contributed by atoms with Gasteiger partial charge < -0.3 is 10.0 Å². The summed E-state index contributed by atoms with van der Waals surface area (Å²) < 4.78 is 1.69. The van der Waals surface area contributed by atoms with Gasteiger partial charge in [-0.1, -0.05) is 20.8 Å². The van der Waals surface area contributed by atoms with E-state index in [0.717, 1.165) is 31.7 Å². The Morgan fingerprint density at radius 3 is 2.45 bits per heavy atom. The number of amides is 1. The molecule has 0 bridgehead atoms. The van der Waals surface area contributed by atoms with Gasteiger partial charge in [0.05, 0.1) is 12.3 Å². The summed E-state index contributed by atoms with van der Waals surface area (Å²) in [4.78, 5) is 16.4. The van der Waals surface area contributed by atoms with Crippen molar-refractivity contribution in [1.82, 2.24) is 19.6 Å². The number of hydrogen-bond acceptors (Lipinski definition) is 4. The average Bonchev–Trinajstić information content (AvgIpc) is 2.83. The molecule has 0 aromatic carbocycles. The topological polar surface area (TPSA) is 61.6 Å². The number of aryl methyl sites for hydroxylation is 1. The van der Waals surface area contributed by atoms with Gasteiger partial charge in [0.1, 0.15) is 6.54 Å². The molecular weight excluding hydrogens is 280 g/mol. The first-order chi connectivity index (χ1) is 10.3. The molecule has 1 atom stereocenters. The summed E-state index contributed by atoms with van der Waals surface area (Å²) in [6, 6.07) is 0. The van der Waals surface area contributed by atoms with E-state index in [-0.39, 0.29) is 17.4 Å². The van der Waals surface area contributed by atoms with Crippen LogP contribution in [0.1, 0.15) is 26.3 Å². The molecule has 1 saturated heterocycles. The molecule has 0 saturated carbocycles. The van der Waals surface area contributed by atoms with Gasteiger partial charge in [-0.15, -0.1) is 0 Å². The first kappa shape index (κ1) is 17.0. The van der Waals surface area contributed by atoms with Gasteiger partial charge >= 0.3 is 0 Å². The van der Waals surface area contributed by atoms with Gasteiger partial charge in [-0.05, 0) is 17.9 Å². The van der Waals surface area contributed by atoms with Gasteiger partial charge in [0.2, 0.25) is 5.91 Å². The molecule has 1 aliphatic heterocycles. The summed E-state index contributed by atoms with van der Waals surface area (Å²) in [5.41, 5.74) is 0.957. The zero-order valence-corrected chi connectivity index (χ0v) is 14.1. The number of nitrogens with zero attached hydrogens (tertiary/aromatic N) is 4. The van der Waals surface area contributed by atoms with E-state index in [1.54, 1.807) is 10.9 Å². The van der Waals surface area contributed by atoms with Gasteiger partial charge in [-0.25, -0.2) is 0 Å². The van der Waals surface area contributed by atoms with Crippen molar-refractivity contribution in [1.29, 1.82) is 0 Å². The predicted molar refractivity (Wildman–Crippen MR) is 85.4 cm³/mol. The fraction of sp³-hybridized carbons (Fsp3) is 0.750. The number of piperazine rings is 1. The highest BCUT2D eigenvalue weighted by molar-refractivity contribution is 5.76. The van der Waals surface area contributed by atoms with E-state index in [1.807, 2.05) is 38.8 Å². The number of carbonyl (C=O) groups is 1. The van der Waals surface area contributed by atoms with Crippen LogP contribution in [0.3, 0.4) is 0 Å². The number of aromatic nitrogens is 2. The quantitative estimate of drug-likeness (QED) is 0.891. The van der Waals surface area contributed by atoms with Crippen LogP contribution in [0.25, 0.3) is 0 Å². The number of aliphatic hydroxyl groups is 1. The third-order valence-corrected chi connectivity index (χ3v) is 4.22. The lowest BCUT2D eigenvalue weighted by atomic mass is 9.89. The van der Waals surface area contributed by atoms with Gasteiger partial charge in [-0.2, -0.15) is 5.10 Å². The molecule has 6 nitrogen and oxygen atoms in total. The highest BCUT2D eigenvalue weighted by atomic mass is 16.3. The minimum atomic E-state index is -0.346. The van der Waals surface area contributed by atoms with Crippen molar-refractivity contribution in [2.24, 2.45) is 5.41 Å². The maximum absolute atomic E-state index is 12.3. The molecule has 1 aromatic rings. The lowest BCUT2D eigenvalue weighted by molar-refractivity contribution is -0.134. The second-order valence-electron chi connectivity index (χ2n) is 7.28. The Labute approximate surface area is 132 Å². The van der Waals surface area contributed by atoms with Crippen LogP contribution < -0.4 is 0 Å². The van der Waals surface area contributed by atoms with Crippen LogP contribution in [0.5, 0.6) is 0 Å². The smallest absolute Gasteiger partial charge is 0.244 e. The Kier molecular flexibility index (Phi) is 5.24. The molecule has 22 heavy (non-hydrogen) atoms. The molecule has 2 heterocycles. The first-order valence-electron chi connectivity index (χ1n) is 7.93. The number of aliphatic hydroxyl groups excluding tert-OH is 1. The molecular formula is C16H28N4O2. The third kappa shape index (κ3) is 4.55. The van der Waals surface area contributed by atoms with Crippen molar-refractivity contribution in [2.45, 2.75) is 40.3 Å². The normalized spacial score (nSPS) is 18.5. The van der Waals surface area contributed by atoms with E-state index in [4.69, 9.17) is 0 Å². The fourth-order valence-electron chi connectivity index (χ4n) is 2.49. The number of hydrogen-bond donors (Lipinski definition) is 1. The fourth-order valence-corrected chi connectivity index (χ4v) is 2.49. The minimum absolute atomic E-state index is 0.106. The van der Waals surface area contributed by atoms with Crippen LogP contribution in [0.15, 0.2) is 12.4 Å². The summed E-state index contributed by atoms with van der Waals surface area (Å²) in [5, 5.41) is 14.3. The molecule has 1 amide bonds. The van der Waals surface area contributed by atoms with E-state index in [0.29, 0.717) is 13.1 Å². The molecule has 0 unspecified atom stereocenters. The molecule has 1 aromatic heterocycles. The monoisotopic (exact) mass is 308 g/mol. The number of rotatable bonds is 4. The highest BCUT2D eigenvalue weighted by Crippen LogP contribution is 2.20. The molecule has 1 N–H and O–H groups in total. The number of β-amino-alcohol motifs (C(OH)–C–C–N with tert-alkyl or cyclic N) is 1. The third-order valence-electron chi connectivity index (χ3n) is 4.22. The molecule has 6 heteroatoms. The number of carbonyl (C=O) groups excluding carboxylic acids is 1. The van der Waals surface area contributed by atoms with Crippen LogP contribution in [0, 0.1) is 12.3 Å². The molecule has 1 aliphatic rings. The second-order valence-corrected chi connectivity index (χ2v) is 7.28. The van der Waals surface area contributed by atoms with Crippen LogP contribution in [-0.4, -0.2) is 69.4 Å². The maximum atomic E-state index is 12.3. The van der Waals surface area contributed by atoms with Crippen LogP contribution in [0.4, 0.5) is 0 Å². The van der Waals surface area contributed by atoms with Crippen molar-refractivity contribution >= 4 is 5.91 Å². The van der Waals surface area contributed by atoms with E-state index < -0.39 is 0 Å². The molecule has 2 rings (SSSR count). The van der Waals surface area contributed by atoms with Gasteiger partial charge in [0, 0.05) is 38.9 Å². The maximum Gasteiger partial charge on any atom is 0.244 e. The Balaban J connectivity index is 1.78. The van der Waals surface area contributed by atoms with E-state index >= 15 is 0 Å². The van der Waals surface area contributed by atoms with Crippen molar-refractivity contribution in [3.8, 4) is 0 Å². The summed E-state index contributed by atoms with van der Waals surface area (Å²) in [5.74, 6) is 0.110. The summed E-state index contributed by atoms with van der Waals surface area (Å²) in [6.45, 7) is 12.1. The summed E-state index contributed by atoms with van der Waals surface area (Å²) >= 11 is 0.